The van der Waals surface area contributed by atoms with Gasteiger partial charge in [-0.1, -0.05) is 0 Å². The van der Waals surface area contributed by atoms with E-state index in [2.05, 4.69) is 30.5 Å². The van der Waals surface area contributed by atoms with Crippen LogP contribution >= 0.6 is 0 Å². The standard InChI is InChI=1S/C23H28N8O5/c32-13-11-30(12-14-33)22(34)27-19-6-1-16-15-24-21(28-20(16)26-19)25-17-2-4-18(5-3-17)29-7-9-31(10-8-29)23(35)36/h1-6,15,32-33H,7-14H2,(H,35,36)(H2,24,25,26,27,28,34). The summed E-state index contributed by atoms with van der Waals surface area (Å²) in [5.41, 5.74) is 2.16. The number of fused-ring (bicyclic) bond motifs is 1. The van der Waals surface area contributed by atoms with Crippen LogP contribution in [-0.4, -0.2) is 105 Å². The molecule has 3 amide bonds. The molecule has 0 saturated carbocycles. The summed E-state index contributed by atoms with van der Waals surface area (Å²) in [6.07, 6.45) is 0.739. The molecule has 13 heteroatoms. The van der Waals surface area contributed by atoms with Crippen molar-refractivity contribution in [2.45, 2.75) is 0 Å². The Kier molecular flexibility index (Phi) is 7.92. The first-order chi connectivity index (χ1) is 17.5. The highest BCUT2D eigenvalue weighted by Gasteiger charge is 2.20. The maximum atomic E-state index is 12.4. The molecule has 2 aromatic heterocycles. The third-order valence-electron chi connectivity index (χ3n) is 5.74. The number of carbonyl (C=O) groups excluding carboxylic acids is 1. The number of nitrogens with zero attached hydrogens (tertiary/aromatic N) is 6. The molecule has 0 spiro atoms. The van der Waals surface area contributed by atoms with Gasteiger partial charge in [0, 0.05) is 62.2 Å². The van der Waals surface area contributed by atoms with Crippen molar-refractivity contribution in [2.75, 3.05) is 68.0 Å². The van der Waals surface area contributed by atoms with Crippen LogP contribution in [0, 0.1) is 0 Å². The molecule has 1 aromatic carbocycles. The van der Waals surface area contributed by atoms with Gasteiger partial charge in [0.15, 0.2) is 5.65 Å². The van der Waals surface area contributed by atoms with E-state index >= 15 is 0 Å². The first-order valence-electron chi connectivity index (χ1n) is 11.5. The number of aliphatic hydroxyl groups is 2. The van der Waals surface area contributed by atoms with E-state index in [1.165, 1.54) is 9.80 Å². The molecule has 4 rings (SSSR count). The Morgan fingerprint density at radius 1 is 0.944 bits per heavy atom. The summed E-state index contributed by atoms with van der Waals surface area (Å²) in [5.74, 6) is 0.619. The number of rotatable bonds is 8. The molecule has 0 unspecified atom stereocenters. The van der Waals surface area contributed by atoms with Crippen molar-refractivity contribution in [3.05, 3.63) is 42.6 Å². The molecular weight excluding hydrogens is 468 g/mol. The number of carbonyl (C=O) groups is 2. The molecule has 3 aromatic rings. The van der Waals surface area contributed by atoms with E-state index in [1.807, 2.05) is 24.3 Å². The second-order valence-corrected chi connectivity index (χ2v) is 8.10. The average molecular weight is 497 g/mol. The first kappa shape index (κ1) is 24.9. The Hall–Kier alpha value is -4.23. The van der Waals surface area contributed by atoms with Crippen molar-refractivity contribution < 1.29 is 24.9 Å². The van der Waals surface area contributed by atoms with Crippen LogP contribution in [0.2, 0.25) is 0 Å². The van der Waals surface area contributed by atoms with E-state index in [-0.39, 0.29) is 32.1 Å². The predicted octanol–water partition coefficient (Wildman–Crippen LogP) is 1.39. The van der Waals surface area contributed by atoms with E-state index < -0.39 is 12.1 Å². The summed E-state index contributed by atoms with van der Waals surface area (Å²) < 4.78 is 0. The van der Waals surface area contributed by atoms with E-state index in [0.29, 0.717) is 43.2 Å². The molecule has 0 bridgehead atoms. The number of aliphatic hydroxyl groups excluding tert-OH is 2. The van der Waals surface area contributed by atoms with Crippen LogP contribution < -0.4 is 15.5 Å². The molecule has 0 radical (unpaired) electrons. The number of aromatic nitrogens is 3. The number of carboxylic acid groups (broad SMARTS) is 1. The van der Waals surface area contributed by atoms with E-state index in [4.69, 9.17) is 15.3 Å². The van der Waals surface area contributed by atoms with Gasteiger partial charge >= 0.3 is 12.1 Å². The maximum Gasteiger partial charge on any atom is 0.407 e. The highest BCUT2D eigenvalue weighted by molar-refractivity contribution is 5.89. The summed E-state index contributed by atoms with van der Waals surface area (Å²) in [6.45, 7) is 1.95. The first-order valence-corrected chi connectivity index (χ1v) is 11.5. The molecule has 190 valence electrons. The fourth-order valence-corrected chi connectivity index (χ4v) is 3.82. The van der Waals surface area contributed by atoms with Gasteiger partial charge in [-0.05, 0) is 36.4 Å². The average Bonchev–Trinajstić information content (AvgIpc) is 2.89. The third-order valence-corrected chi connectivity index (χ3v) is 5.74. The molecule has 1 aliphatic rings. The van der Waals surface area contributed by atoms with Gasteiger partial charge in [0.05, 0.1) is 13.2 Å². The number of amides is 3. The second-order valence-electron chi connectivity index (χ2n) is 8.10. The topological polar surface area (TPSA) is 167 Å². The second kappa shape index (κ2) is 11.5. The van der Waals surface area contributed by atoms with Gasteiger partial charge in [-0.25, -0.2) is 19.6 Å². The molecule has 0 aliphatic carbocycles. The third kappa shape index (κ3) is 6.06. The molecule has 13 nitrogen and oxygen atoms in total. The summed E-state index contributed by atoms with van der Waals surface area (Å²) >= 11 is 0. The Balaban J connectivity index is 1.41. The van der Waals surface area contributed by atoms with Gasteiger partial charge in [-0.2, -0.15) is 4.98 Å². The zero-order valence-corrected chi connectivity index (χ0v) is 19.5. The highest BCUT2D eigenvalue weighted by atomic mass is 16.4. The smallest absolute Gasteiger partial charge is 0.407 e. The summed E-state index contributed by atoms with van der Waals surface area (Å²) in [4.78, 5) is 41.5. The predicted molar refractivity (Wildman–Crippen MR) is 134 cm³/mol. The molecule has 36 heavy (non-hydrogen) atoms. The number of urea groups is 1. The lowest BCUT2D eigenvalue weighted by Gasteiger charge is -2.34. The van der Waals surface area contributed by atoms with E-state index in [0.717, 1.165) is 11.4 Å². The minimum Gasteiger partial charge on any atom is -0.465 e. The molecule has 1 saturated heterocycles. The van der Waals surface area contributed by atoms with E-state index in [9.17, 15) is 9.59 Å². The Morgan fingerprint density at radius 3 is 2.28 bits per heavy atom. The Labute approximate surface area is 207 Å². The fourth-order valence-electron chi connectivity index (χ4n) is 3.82. The van der Waals surface area contributed by atoms with Crippen LogP contribution in [-0.2, 0) is 0 Å². The van der Waals surface area contributed by atoms with Crippen LogP contribution in [0.4, 0.5) is 32.7 Å². The SMILES string of the molecule is O=C(O)N1CCN(c2ccc(Nc3ncc4ccc(NC(=O)N(CCO)CCO)nc4n3)cc2)CC1. The number of hydrogen-bond donors (Lipinski definition) is 5. The number of piperazine rings is 1. The monoisotopic (exact) mass is 496 g/mol. The number of nitrogens with one attached hydrogen (secondary N) is 2. The molecule has 3 heterocycles. The number of hydrogen-bond acceptors (Lipinski definition) is 9. The van der Waals surface area contributed by atoms with Crippen molar-refractivity contribution in [3.63, 3.8) is 0 Å². The summed E-state index contributed by atoms with van der Waals surface area (Å²) in [6, 6.07) is 10.6. The van der Waals surface area contributed by atoms with Gasteiger partial charge in [-0.3, -0.25) is 5.32 Å². The summed E-state index contributed by atoms with van der Waals surface area (Å²) in [5, 5.41) is 33.8. The van der Waals surface area contributed by atoms with Crippen molar-refractivity contribution in [1.29, 1.82) is 0 Å². The Bertz CT molecular complexity index is 1190. The zero-order valence-electron chi connectivity index (χ0n) is 19.5. The lowest BCUT2D eigenvalue weighted by Crippen LogP contribution is -2.48. The van der Waals surface area contributed by atoms with Crippen molar-refractivity contribution >= 4 is 46.3 Å². The van der Waals surface area contributed by atoms with Gasteiger partial charge in [0.1, 0.15) is 5.82 Å². The van der Waals surface area contributed by atoms with Crippen LogP contribution in [0.5, 0.6) is 0 Å². The normalized spacial score (nSPS) is 13.5. The minimum absolute atomic E-state index is 0.0908. The highest BCUT2D eigenvalue weighted by Crippen LogP contribution is 2.22. The largest absolute Gasteiger partial charge is 0.465 e. The van der Waals surface area contributed by atoms with Crippen molar-refractivity contribution in [3.8, 4) is 0 Å². The minimum atomic E-state index is -0.890. The summed E-state index contributed by atoms with van der Waals surface area (Å²) in [7, 11) is 0. The molecule has 1 fully saturated rings. The van der Waals surface area contributed by atoms with Gasteiger partial charge < -0.3 is 35.3 Å². The fraction of sp³-hybridized carbons (Fsp3) is 0.348. The zero-order chi connectivity index (χ0) is 25.5. The lowest BCUT2D eigenvalue weighted by molar-refractivity contribution is 0.142. The number of anilines is 4. The van der Waals surface area contributed by atoms with Crippen LogP contribution in [0.1, 0.15) is 0 Å². The number of benzene rings is 1. The van der Waals surface area contributed by atoms with Crippen LogP contribution in [0.15, 0.2) is 42.6 Å². The van der Waals surface area contributed by atoms with Crippen LogP contribution in [0.3, 0.4) is 0 Å². The van der Waals surface area contributed by atoms with Crippen molar-refractivity contribution in [2.24, 2.45) is 0 Å². The van der Waals surface area contributed by atoms with Gasteiger partial charge in [0.25, 0.3) is 0 Å². The molecular formula is C23H28N8O5. The van der Waals surface area contributed by atoms with Crippen molar-refractivity contribution in [1.82, 2.24) is 24.8 Å². The lowest BCUT2D eigenvalue weighted by atomic mass is 10.2. The van der Waals surface area contributed by atoms with E-state index in [1.54, 1.807) is 18.3 Å². The van der Waals surface area contributed by atoms with Gasteiger partial charge in [-0.15, -0.1) is 0 Å². The molecule has 0 atom stereocenters. The molecule has 1 aliphatic heterocycles. The van der Waals surface area contributed by atoms with Gasteiger partial charge in [0.2, 0.25) is 5.95 Å². The molecule has 5 N–H and O–H groups in total. The number of pyridine rings is 1. The Morgan fingerprint density at radius 2 is 1.64 bits per heavy atom. The van der Waals surface area contributed by atoms with Crippen LogP contribution in [0.25, 0.3) is 11.0 Å². The maximum absolute atomic E-state index is 12.4. The quantitative estimate of drug-likeness (QED) is 0.307.